The van der Waals surface area contributed by atoms with Gasteiger partial charge in [0.05, 0.1) is 5.01 Å². The fraction of sp³-hybridized carbons (Fsp3) is 0.769. The van der Waals surface area contributed by atoms with Crippen LogP contribution in [0.3, 0.4) is 0 Å². The van der Waals surface area contributed by atoms with E-state index in [1.807, 2.05) is 6.92 Å². The Bertz CT molecular complexity index is 536. The first-order valence-corrected chi connectivity index (χ1v) is 9.63. The Hall–Kier alpha value is -0.540. The lowest BCUT2D eigenvalue weighted by Crippen LogP contribution is -2.45. The molecule has 6 nitrogen and oxygen atoms in total. The van der Waals surface area contributed by atoms with Gasteiger partial charge in [0, 0.05) is 30.7 Å². The number of aryl methyl sites for hydroxylation is 1. The van der Waals surface area contributed by atoms with E-state index < -0.39 is 10.2 Å². The van der Waals surface area contributed by atoms with Crippen molar-refractivity contribution in [3.05, 3.63) is 16.1 Å². The predicted molar refractivity (Wildman–Crippen MR) is 85.5 cm³/mol. The summed E-state index contributed by atoms with van der Waals surface area (Å²) in [6.07, 6.45) is 3.58. The third-order valence-electron chi connectivity index (χ3n) is 3.69. The zero-order valence-electron chi connectivity index (χ0n) is 12.6. The summed E-state index contributed by atoms with van der Waals surface area (Å²) < 4.78 is 28.8. The summed E-state index contributed by atoms with van der Waals surface area (Å²) in [5, 5.41) is 4.28. The van der Waals surface area contributed by atoms with Gasteiger partial charge in [-0.2, -0.15) is 17.4 Å². The number of aromatic nitrogens is 1. The Morgan fingerprint density at radius 3 is 2.71 bits per heavy atom. The molecule has 1 fully saturated rings. The minimum Gasteiger partial charge on any atom is -0.317 e. The maximum atomic E-state index is 12.3. The number of hydrogen-bond acceptors (Lipinski definition) is 5. The third kappa shape index (κ3) is 5.00. The molecule has 0 spiro atoms. The molecule has 1 saturated heterocycles. The Labute approximate surface area is 131 Å². The molecule has 1 aromatic rings. The quantitative estimate of drug-likeness (QED) is 0.784. The molecule has 1 aliphatic rings. The van der Waals surface area contributed by atoms with Crippen LogP contribution in [0.4, 0.5) is 0 Å². The Morgan fingerprint density at radius 2 is 2.14 bits per heavy atom. The molecule has 1 aromatic heterocycles. The molecule has 21 heavy (non-hydrogen) atoms. The van der Waals surface area contributed by atoms with Gasteiger partial charge < -0.3 is 5.32 Å². The summed E-state index contributed by atoms with van der Waals surface area (Å²) in [7, 11) is -3.37. The summed E-state index contributed by atoms with van der Waals surface area (Å²) in [5.41, 5.74) is 0. The lowest BCUT2D eigenvalue weighted by atomic mass is 9.98. The minimum absolute atomic E-state index is 0.325. The first-order chi connectivity index (χ1) is 10.0. The van der Waals surface area contributed by atoms with Gasteiger partial charge in [-0.3, -0.25) is 0 Å². The second-order valence-electron chi connectivity index (χ2n) is 5.32. The first kappa shape index (κ1) is 16.8. The average molecular weight is 332 g/mol. The van der Waals surface area contributed by atoms with Crippen LogP contribution in [0.1, 0.15) is 29.7 Å². The number of hydrogen-bond donors (Lipinski definition) is 2. The lowest BCUT2D eigenvalue weighted by molar-refractivity contribution is 0.266. The maximum absolute atomic E-state index is 12.3. The molecule has 1 aliphatic heterocycles. The van der Waals surface area contributed by atoms with Gasteiger partial charge in [-0.15, -0.1) is 11.3 Å². The molecule has 0 aliphatic carbocycles. The Kier molecular flexibility index (Phi) is 6.12. The molecule has 2 rings (SSSR count). The van der Waals surface area contributed by atoms with E-state index in [2.05, 4.69) is 21.9 Å². The molecule has 120 valence electrons. The summed E-state index contributed by atoms with van der Waals surface area (Å²) in [6, 6.07) is 0. The third-order valence-corrected chi connectivity index (χ3v) is 6.16. The molecule has 0 saturated carbocycles. The maximum Gasteiger partial charge on any atom is 0.279 e. The molecule has 2 N–H and O–H groups in total. The van der Waals surface area contributed by atoms with Crippen molar-refractivity contribution in [2.75, 3.05) is 26.2 Å². The smallest absolute Gasteiger partial charge is 0.279 e. The zero-order valence-corrected chi connectivity index (χ0v) is 14.3. The predicted octanol–water partition coefficient (Wildman–Crippen LogP) is 1.11. The van der Waals surface area contributed by atoms with Crippen LogP contribution in [0.5, 0.6) is 0 Å². The van der Waals surface area contributed by atoms with Crippen LogP contribution in [0, 0.1) is 12.8 Å². The van der Waals surface area contributed by atoms with Crippen molar-refractivity contribution in [1.82, 2.24) is 19.3 Å². The zero-order chi connectivity index (χ0) is 15.3. The molecule has 0 bridgehead atoms. The highest BCUT2D eigenvalue weighted by Crippen LogP contribution is 2.19. The van der Waals surface area contributed by atoms with Crippen molar-refractivity contribution in [1.29, 1.82) is 0 Å². The normalized spacial score (nSPS) is 18.2. The highest BCUT2D eigenvalue weighted by molar-refractivity contribution is 7.87. The van der Waals surface area contributed by atoms with E-state index in [1.165, 1.54) is 11.3 Å². The van der Waals surface area contributed by atoms with E-state index in [-0.39, 0.29) is 0 Å². The fourth-order valence-corrected chi connectivity index (χ4v) is 4.48. The van der Waals surface area contributed by atoms with Crippen molar-refractivity contribution in [2.24, 2.45) is 5.92 Å². The van der Waals surface area contributed by atoms with Gasteiger partial charge >= 0.3 is 0 Å². The van der Waals surface area contributed by atoms with Gasteiger partial charge in [-0.05, 0) is 38.8 Å². The molecule has 8 heteroatoms. The van der Waals surface area contributed by atoms with Gasteiger partial charge in [0.25, 0.3) is 10.2 Å². The van der Waals surface area contributed by atoms with Gasteiger partial charge in [0.2, 0.25) is 0 Å². The van der Waals surface area contributed by atoms with Crippen molar-refractivity contribution < 1.29 is 8.42 Å². The summed E-state index contributed by atoms with van der Waals surface area (Å²) in [4.78, 5) is 5.07. The van der Waals surface area contributed by atoms with Crippen LogP contribution in [0.15, 0.2) is 6.20 Å². The summed E-state index contributed by atoms with van der Waals surface area (Å²) >= 11 is 1.52. The second kappa shape index (κ2) is 7.64. The minimum atomic E-state index is -3.37. The molecular formula is C13H24N4O2S2. The Balaban J connectivity index is 1.81. The summed E-state index contributed by atoms with van der Waals surface area (Å²) in [5.74, 6) is 0.584. The number of nitrogens with zero attached hydrogens (tertiary/aromatic N) is 2. The van der Waals surface area contributed by atoms with Crippen molar-refractivity contribution in [3.8, 4) is 0 Å². The van der Waals surface area contributed by atoms with E-state index in [4.69, 9.17) is 0 Å². The molecule has 2 heterocycles. The van der Waals surface area contributed by atoms with Crippen LogP contribution in [0.25, 0.3) is 0 Å². The second-order valence-corrected chi connectivity index (χ2v) is 8.40. The van der Waals surface area contributed by atoms with E-state index >= 15 is 0 Å². The van der Waals surface area contributed by atoms with E-state index in [1.54, 1.807) is 10.5 Å². The van der Waals surface area contributed by atoms with E-state index in [0.717, 1.165) is 35.8 Å². The van der Waals surface area contributed by atoms with Crippen LogP contribution in [-0.2, 0) is 16.8 Å². The highest BCUT2D eigenvalue weighted by atomic mass is 32.2. The number of thiazole rings is 1. The molecule has 0 radical (unpaired) electrons. The monoisotopic (exact) mass is 332 g/mol. The Morgan fingerprint density at radius 1 is 1.43 bits per heavy atom. The standard InChI is InChI=1S/C13H24N4O2S2/c1-3-14-8-12-4-6-17(7-5-12)21(18,19)16-10-13-9-15-11(2)20-13/h9,12,14,16H,3-8,10H2,1-2H3. The van der Waals surface area contributed by atoms with Gasteiger partial charge in [-0.1, -0.05) is 6.92 Å². The SMILES string of the molecule is CCNCC1CCN(S(=O)(=O)NCc2cnc(C)s2)CC1. The lowest BCUT2D eigenvalue weighted by Gasteiger charge is -2.31. The largest absolute Gasteiger partial charge is 0.317 e. The topological polar surface area (TPSA) is 74.3 Å². The van der Waals surface area contributed by atoms with Crippen LogP contribution in [-0.4, -0.2) is 43.9 Å². The van der Waals surface area contributed by atoms with Crippen LogP contribution < -0.4 is 10.0 Å². The average Bonchev–Trinajstić information content (AvgIpc) is 2.89. The van der Waals surface area contributed by atoms with Gasteiger partial charge in [-0.25, -0.2) is 4.98 Å². The fourth-order valence-electron chi connectivity index (χ4n) is 2.44. The molecular weight excluding hydrogens is 308 g/mol. The van der Waals surface area contributed by atoms with Crippen LogP contribution in [0.2, 0.25) is 0 Å². The van der Waals surface area contributed by atoms with Crippen LogP contribution >= 0.6 is 11.3 Å². The van der Waals surface area contributed by atoms with E-state index in [9.17, 15) is 8.42 Å². The number of piperidine rings is 1. The highest BCUT2D eigenvalue weighted by Gasteiger charge is 2.27. The van der Waals surface area contributed by atoms with Crippen molar-refractivity contribution in [2.45, 2.75) is 33.2 Å². The van der Waals surface area contributed by atoms with E-state index in [0.29, 0.717) is 25.6 Å². The van der Waals surface area contributed by atoms with Gasteiger partial charge in [0.1, 0.15) is 0 Å². The number of nitrogens with one attached hydrogen (secondary N) is 2. The van der Waals surface area contributed by atoms with Crippen molar-refractivity contribution >= 4 is 21.5 Å². The van der Waals surface area contributed by atoms with Crippen molar-refractivity contribution in [3.63, 3.8) is 0 Å². The molecule has 0 aromatic carbocycles. The molecule has 0 amide bonds. The molecule has 0 unspecified atom stereocenters. The van der Waals surface area contributed by atoms with Gasteiger partial charge in [0.15, 0.2) is 0 Å². The molecule has 0 atom stereocenters. The number of rotatable bonds is 7. The first-order valence-electron chi connectivity index (χ1n) is 7.38. The summed E-state index contributed by atoms with van der Waals surface area (Å²) in [6.45, 7) is 7.49.